The van der Waals surface area contributed by atoms with Gasteiger partial charge in [0.15, 0.2) is 0 Å². The Hall–Kier alpha value is -1.57. The van der Waals surface area contributed by atoms with Crippen molar-refractivity contribution in [2.45, 2.75) is 45.2 Å². The van der Waals surface area contributed by atoms with Gasteiger partial charge in [-0.2, -0.15) is 0 Å². The molecule has 0 aliphatic carbocycles. The molecule has 1 N–H and O–H groups in total. The van der Waals surface area contributed by atoms with E-state index < -0.39 is 5.97 Å². The van der Waals surface area contributed by atoms with Gasteiger partial charge < -0.3 is 9.84 Å². The molecule has 1 aromatic heterocycles. The first kappa shape index (κ1) is 19.2. The molecule has 3 heterocycles. The Bertz CT molecular complexity index is 575. The van der Waals surface area contributed by atoms with Crippen LogP contribution in [0.4, 0.5) is 0 Å². The van der Waals surface area contributed by atoms with E-state index in [0.717, 1.165) is 76.6 Å². The Kier molecular flexibility index (Phi) is 6.93. The van der Waals surface area contributed by atoms with Crippen molar-refractivity contribution in [2.24, 2.45) is 5.92 Å². The number of aliphatic carboxylic acids is 1. The molecule has 2 atom stereocenters. The maximum absolute atomic E-state index is 11.1. The summed E-state index contributed by atoms with van der Waals surface area (Å²) in [4.78, 5) is 24.8. The number of hydrogen-bond donors (Lipinski definition) is 1. The van der Waals surface area contributed by atoms with Gasteiger partial charge in [0.05, 0.1) is 13.2 Å². The topological polar surface area (TPSA) is 78.8 Å². The maximum atomic E-state index is 11.1. The highest BCUT2D eigenvalue weighted by Crippen LogP contribution is 2.27. The van der Waals surface area contributed by atoms with Crippen molar-refractivity contribution < 1.29 is 14.6 Å². The number of nitrogens with zero attached hydrogens (tertiary/aromatic N) is 4. The molecule has 2 fully saturated rings. The standard InChI is InChI=1S/C19H30N4O3/c1-2-18-20-11-15(12-21-18)13-22-6-5-17(23-7-9-26-10-8-23)16(14-22)3-4-19(24)25/h11-12,16-17H,2-10,13-14H2,1H3,(H,24,25)/t16-,17+/m1/s1. The monoisotopic (exact) mass is 362 g/mol. The number of rotatable bonds is 7. The van der Waals surface area contributed by atoms with E-state index in [2.05, 4.69) is 26.7 Å². The lowest BCUT2D eigenvalue weighted by atomic mass is 9.86. The van der Waals surface area contributed by atoms with Gasteiger partial charge >= 0.3 is 5.97 Å². The van der Waals surface area contributed by atoms with E-state index in [-0.39, 0.29) is 6.42 Å². The van der Waals surface area contributed by atoms with Crippen molar-refractivity contribution in [3.63, 3.8) is 0 Å². The van der Waals surface area contributed by atoms with Crippen molar-refractivity contribution in [3.05, 3.63) is 23.8 Å². The lowest BCUT2D eigenvalue weighted by molar-refractivity contribution is -0.137. The van der Waals surface area contributed by atoms with Crippen LogP contribution in [0.15, 0.2) is 12.4 Å². The summed E-state index contributed by atoms with van der Waals surface area (Å²) in [7, 11) is 0. The number of morpholine rings is 1. The molecule has 2 aliphatic heterocycles. The third-order valence-electron chi connectivity index (χ3n) is 5.50. The van der Waals surface area contributed by atoms with Crippen LogP contribution in [0.5, 0.6) is 0 Å². The number of carbonyl (C=O) groups is 1. The van der Waals surface area contributed by atoms with Crippen molar-refractivity contribution in [1.29, 1.82) is 0 Å². The molecule has 3 rings (SSSR count). The highest BCUT2D eigenvalue weighted by atomic mass is 16.5. The van der Waals surface area contributed by atoms with Gasteiger partial charge in [-0.25, -0.2) is 9.97 Å². The smallest absolute Gasteiger partial charge is 0.303 e. The summed E-state index contributed by atoms with van der Waals surface area (Å²) in [6, 6.07) is 0.466. The van der Waals surface area contributed by atoms with Crippen LogP contribution in [0.3, 0.4) is 0 Å². The second-order valence-corrected chi connectivity index (χ2v) is 7.29. The van der Waals surface area contributed by atoms with E-state index in [0.29, 0.717) is 12.0 Å². The number of aromatic nitrogens is 2. The van der Waals surface area contributed by atoms with Crippen LogP contribution < -0.4 is 0 Å². The van der Waals surface area contributed by atoms with E-state index >= 15 is 0 Å². The first-order valence-electron chi connectivity index (χ1n) is 9.71. The molecule has 7 heteroatoms. The Labute approximate surface area is 155 Å². The summed E-state index contributed by atoms with van der Waals surface area (Å²) in [5, 5.41) is 9.13. The fraction of sp³-hybridized carbons (Fsp3) is 0.737. The van der Waals surface area contributed by atoms with E-state index in [4.69, 9.17) is 9.84 Å². The largest absolute Gasteiger partial charge is 0.481 e. The summed E-state index contributed by atoms with van der Waals surface area (Å²) in [5.41, 5.74) is 1.13. The Balaban J connectivity index is 1.61. The Morgan fingerprint density at radius 2 is 2.00 bits per heavy atom. The third kappa shape index (κ3) is 5.22. The van der Waals surface area contributed by atoms with Crippen LogP contribution in [0.25, 0.3) is 0 Å². The minimum absolute atomic E-state index is 0.244. The Morgan fingerprint density at radius 1 is 1.27 bits per heavy atom. The molecule has 26 heavy (non-hydrogen) atoms. The molecule has 0 unspecified atom stereocenters. The van der Waals surface area contributed by atoms with Gasteiger partial charge in [-0.05, 0) is 25.3 Å². The number of piperidine rings is 1. The minimum Gasteiger partial charge on any atom is -0.481 e. The molecule has 0 bridgehead atoms. The summed E-state index contributed by atoms with van der Waals surface area (Å²) in [6.07, 6.45) is 6.76. The van der Waals surface area contributed by atoms with E-state index in [1.54, 1.807) is 0 Å². The van der Waals surface area contributed by atoms with Crippen LogP contribution in [0.2, 0.25) is 0 Å². The zero-order valence-electron chi connectivity index (χ0n) is 15.6. The number of ether oxygens (including phenoxy) is 1. The van der Waals surface area contributed by atoms with Crippen molar-refractivity contribution in [2.75, 3.05) is 39.4 Å². The van der Waals surface area contributed by atoms with Crippen LogP contribution in [-0.2, 0) is 22.5 Å². The summed E-state index contributed by atoms with van der Waals surface area (Å²) >= 11 is 0. The molecule has 2 saturated heterocycles. The van der Waals surface area contributed by atoms with Gasteiger partial charge in [-0.3, -0.25) is 14.6 Å². The van der Waals surface area contributed by atoms with Crippen molar-refractivity contribution >= 4 is 5.97 Å². The van der Waals surface area contributed by atoms with Crippen LogP contribution in [0.1, 0.15) is 37.6 Å². The molecule has 0 saturated carbocycles. The van der Waals surface area contributed by atoms with Crippen molar-refractivity contribution in [1.82, 2.24) is 19.8 Å². The molecule has 0 amide bonds. The van der Waals surface area contributed by atoms with Crippen molar-refractivity contribution in [3.8, 4) is 0 Å². The lowest BCUT2D eigenvalue weighted by Gasteiger charge is -2.45. The van der Waals surface area contributed by atoms with Gasteiger partial charge in [0.25, 0.3) is 0 Å². The predicted octanol–water partition coefficient (Wildman–Crippen LogP) is 1.43. The van der Waals surface area contributed by atoms with E-state index in [1.165, 1.54) is 0 Å². The predicted molar refractivity (Wildman–Crippen MR) is 97.8 cm³/mol. The zero-order valence-corrected chi connectivity index (χ0v) is 15.6. The normalized spacial score (nSPS) is 25.3. The number of hydrogen-bond acceptors (Lipinski definition) is 6. The number of aryl methyl sites for hydroxylation is 1. The second-order valence-electron chi connectivity index (χ2n) is 7.29. The third-order valence-corrected chi connectivity index (χ3v) is 5.50. The highest BCUT2D eigenvalue weighted by Gasteiger charge is 2.34. The molecule has 0 aromatic carbocycles. The lowest BCUT2D eigenvalue weighted by Crippen LogP contribution is -2.53. The first-order chi connectivity index (χ1) is 12.7. The molecular weight excluding hydrogens is 332 g/mol. The molecule has 2 aliphatic rings. The van der Waals surface area contributed by atoms with Gasteiger partial charge in [0, 0.05) is 63.0 Å². The van der Waals surface area contributed by atoms with E-state index in [9.17, 15) is 4.79 Å². The quantitative estimate of drug-likeness (QED) is 0.786. The molecule has 7 nitrogen and oxygen atoms in total. The minimum atomic E-state index is -0.702. The zero-order chi connectivity index (χ0) is 18.4. The fourth-order valence-corrected chi connectivity index (χ4v) is 4.13. The molecular formula is C19H30N4O3. The highest BCUT2D eigenvalue weighted by molar-refractivity contribution is 5.66. The molecule has 1 aromatic rings. The average molecular weight is 362 g/mol. The van der Waals surface area contributed by atoms with Gasteiger partial charge in [-0.1, -0.05) is 6.92 Å². The fourth-order valence-electron chi connectivity index (χ4n) is 4.13. The number of likely N-dealkylation sites (tertiary alicyclic amines) is 1. The van der Waals surface area contributed by atoms with Crippen LogP contribution in [-0.4, -0.2) is 76.3 Å². The van der Waals surface area contributed by atoms with E-state index in [1.807, 2.05) is 12.4 Å². The SMILES string of the molecule is CCc1ncc(CN2CC[C@H](N3CCOCC3)[C@H](CCC(=O)O)C2)cn1. The van der Waals surface area contributed by atoms with Gasteiger partial charge in [-0.15, -0.1) is 0 Å². The maximum Gasteiger partial charge on any atom is 0.303 e. The molecule has 0 spiro atoms. The number of carboxylic acid groups (broad SMARTS) is 1. The second kappa shape index (κ2) is 9.39. The Morgan fingerprint density at radius 3 is 2.65 bits per heavy atom. The summed E-state index contributed by atoms with van der Waals surface area (Å²) in [6.45, 7) is 8.34. The number of carboxylic acids is 1. The first-order valence-corrected chi connectivity index (χ1v) is 9.71. The van der Waals surface area contributed by atoms with Gasteiger partial charge in [0.1, 0.15) is 5.82 Å². The summed E-state index contributed by atoms with van der Waals surface area (Å²) in [5.74, 6) is 0.555. The molecule has 0 radical (unpaired) electrons. The van der Waals surface area contributed by atoms with Gasteiger partial charge in [0.2, 0.25) is 0 Å². The summed E-state index contributed by atoms with van der Waals surface area (Å²) < 4.78 is 5.48. The average Bonchev–Trinajstić information content (AvgIpc) is 2.68. The molecule has 144 valence electrons. The van der Waals surface area contributed by atoms with Crippen LogP contribution in [0, 0.1) is 5.92 Å². The van der Waals surface area contributed by atoms with Crippen LogP contribution >= 0.6 is 0 Å².